The van der Waals surface area contributed by atoms with Crippen molar-refractivity contribution in [3.05, 3.63) is 16.6 Å². The second-order valence-electron chi connectivity index (χ2n) is 2.68. The molecular formula is C8H13NS. The molecule has 0 aliphatic carbocycles. The van der Waals surface area contributed by atoms with Gasteiger partial charge < -0.3 is 0 Å². The van der Waals surface area contributed by atoms with Crippen LogP contribution in [0.15, 0.2) is 6.20 Å². The molecule has 0 fully saturated rings. The summed E-state index contributed by atoms with van der Waals surface area (Å²) in [5.74, 6) is 0.687. The van der Waals surface area contributed by atoms with Crippen molar-refractivity contribution < 1.29 is 0 Å². The summed E-state index contributed by atoms with van der Waals surface area (Å²) >= 11 is 1.63. The molecule has 0 N–H and O–H groups in total. The lowest BCUT2D eigenvalue weighted by molar-refractivity contribution is 0.743. The third kappa shape index (κ3) is 1.37. The first kappa shape index (κ1) is 7.73. The van der Waals surface area contributed by atoms with E-state index in [-0.39, 0.29) is 0 Å². The average molecular weight is 155 g/mol. The van der Waals surface area contributed by atoms with Crippen LogP contribution in [0.25, 0.3) is 0 Å². The Labute approximate surface area is 66.3 Å². The van der Waals surface area contributed by atoms with E-state index in [1.54, 1.807) is 11.5 Å². The minimum atomic E-state index is 0.687. The van der Waals surface area contributed by atoms with E-state index in [0.717, 1.165) is 0 Å². The first-order valence-corrected chi connectivity index (χ1v) is 4.44. The van der Waals surface area contributed by atoms with Gasteiger partial charge in [-0.15, -0.1) is 0 Å². The van der Waals surface area contributed by atoms with Gasteiger partial charge in [0.25, 0.3) is 0 Å². The summed E-state index contributed by atoms with van der Waals surface area (Å²) in [5, 5.41) is 0. The summed E-state index contributed by atoms with van der Waals surface area (Å²) < 4.78 is 4.13. The minimum Gasteiger partial charge on any atom is -0.201 e. The van der Waals surface area contributed by atoms with E-state index >= 15 is 0 Å². The first-order valence-electron chi connectivity index (χ1n) is 3.66. The van der Waals surface area contributed by atoms with E-state index < -0.39 is 0 Å². The van der Waals surface area contributed by atoms with Crippen molar-refractivity contribution in [1.82, 2.24) is 4.37 Å². The Hall–Kier alpha value is -0.370. The molecule has 1 aromatic heterocycles. The van der Waals surface area contributed by atoms with Crippen molar-refractivity contribution in [2.75, 3.05) is 0 Å². The molecule has 56 valence electrons. The zero-order chi connectivity index (χ0) is 7.56. The molecule has 0 spiro atoms. The number of aryl methyl sites for hydroxylation is 1. The van der Waals surface area contributed by atoms with Crippen LogP contribution in [0.1, 0.15) is 36.6 Å². The Morgan fingerprint density at radius 2 is 2.40 bits per heavy atom. The van der Waals surface area contributed by atoms with Gasteiger partial charge >= 0.3 is 0 Å². The lowest BCUT2D eigenvalue weighted by Crippen LogP contribution is -1.88. The minimum absolute atomic E-state index is 0.687. The van der Waals surface area contributed by atoms with Gasteiger partial charge in [-0.05, 0) is 36.4 Å². The van der Waals surface area contributed by atoms with Gasteiger partial charge in [0.2, 0.25) is 0 Å². The van der Waals surface area contributed by atoms with Gasteiger partial charge in [-0.2, -0.15) is 0 Å². The van der Waals surface area contributed by atoms with Crippen molar-refractivity contribution in [2.45, 2.75) is 33.1 Å². The van der Waals surface area contributed by atoms with E-state index in [2.05, 4.69) is 25.1 Å². The van der Waals surface area contributed by atoms with E-state index in [9.17, 15) is 0 Å². The summed E-state index contributed by atoms with van der Waals surface area (Å²) in [5.41, 5.74) is 1.35. The fourth-order valence-corrected chi connectivity index (χ4v) is 1.83. The quantitative estimate of drug-likeness (QED) is 0.640. The molecule has 1 aromatic rings. The zero-order valence-electron chi connectivity index (χ0n) is 6.72. The van der Waals surface area contributed by atoms with E-state index in [0.29, 0.717) is 5.92 Å². The molecule has 0 aliphatic rings. The van der Waals surface area contributed by atoms with Crippen molar-refractivity contribution >= 4 is 11.5 Å². The molecule has 10 heavy (non-hydrogen) atoms. The maximum atomic E-state index is 4.13. The van der Waals surface area contributed by atoms with Crippen LogP contribution in [0.4, 0.5) is 0 Å². The molecule has 0 saturated carbocycles. The number of nitrogens with zero attached hydrogens (tertiary/aromatic N) is 1. The third-order valence-electron chi connectivity index (χ3n) is 1.85. The topological polar surface area (TPSA) is 12.9 Å². The predicted octanol–water partition coefficient (Wildman–Crippen LogP) is 2.97. The maximum Gasteiger partial charge on any atom is 0.0439 e. The van der Waals surface area contributed by atoms with Gasteiger partial charge in [0, 0.05) is 11.1 Å². The van der Waals surface area contributed by atoms with Gasteiger partial charge in [-0.1, -0.05) is 13.8 Å². The standard InChI is InChI=1S/C8H13NS/c1-4-6(2)8-7(3)5-9-10-8/h5-6H,4H2,1-3H3. The second-order valence-corrected chi connectivity index (χ2v) is 3.52. The Morgan fingerprint density at radius 1 is 1.70 bits per heavy atom. The van der Waals surface area contributed by atoms with Crippen LogP contribution in [-0.4, -0.2) is 4.37 Å². The molecule has 1 atom stereocenters. The normalized spacial score (nSPS) is 13.5. The van der Waals surface area contributed by atoms with Crippen LogP contribution >= 0.6 is 11.5 Å². The van der Waals surface area contributed by atoms with Crippen LogP contribution in [0.3, 0.4) is 0 Å². The van der Waals surface area contributed by atoms with Crippen molar-refractivity contribution in [3.8, 4) is 0 Å². The highest BCUT2D eigenvalue weighted by Gasteiger charge is 2.07. The molecule has 1 nitrogen and oxygen atoms in total. The van der Waals surface area contributed by atoms with Crippen LogP contribution < -0.4 is 0 Å². The fourth-order valence-electron chi connectivity index (χ4n) is 0.962. The predicted molar refractivity (Wildman–Crippen MR) is 45.6 cm³/mol. The summed E-state index contributed by atoms with van der Waals surface area (Å²) in [6.45, 7) is 6.59. The SMILES string of the molecule is CCC(C)c1sncc1C. The highest BCUT2D eigenvalue weighted by Crippen LogP contribution is 2.25. The molecule has 0 saturated heterocycles. The van der Waals surface area contributed by atoms with E-state index in [4.69, 9.17) is 0 Å². The molecule has 1 heterocycles. The smallest absolute Gasteiger partial charge is 0.0439 e. The largest absolute Gasteiger partial charge is 0.201 e. The molecule has 1 unspecified atom stereocenters. The second kappa shape index (κ2) is 3.15. The van der Waals surface area contributed by atoms with Gasteiger partial charge in [-0.25, -0.2) is 4.37 Å². The van der Waals surface area contributed by atoms with Crippen LogP contribution in [0, 0.1) is 6.92 Å². The Morgan fingerprint density at radius 3 is 2.80 bits per heavy atom. The molecular weight excluding hydrogens is 142 g/mol. The van der Waals surface area contributed by atoms with E-state index in [1.165, 1.54) is 16.9 Å². The molecule has 0 radical (unpaired) electrons. The van der Waals surface area contributed by atoms with E-state index in [1.807, 2.05) is 6.20 Å². The van der Waals surface area contributed by atoms with Crippen molar-refractivity contribution in [1.29, 1.82) is 0 Å². The maximum absolute atomic E-state index is 4.13. The highest BCUT2D eigenvalue weighted by molar-refractivity contribution is 7.06. The molecule has 0 amide bonds. The van der Waals surface area contributed by atoms with Gasteiger partial charge in [0.15, 0.2) is 0 Å². The number of rotatable bonds is 2. The summed E-state index contributed by atoms with van der Waals surface area (Å²) in [7, 11) is 0. The molecule has 0 aromatic carbocycles. The Bertz CT molecular complexity index is 205. The highest BCUT2D eigenvalue weighted by atomic mass is 32.1. The van der Waals surface area contributed by atoms with Crippen LogP contribution in [0.2, 0.25) is 0 Å². The Kier molecular flexibility index (Phi) is 2.44. The summed E-state index contributed by atoms with van der Waals surface area (Å²) in [6, 6.07) is 0. The Balaban J connectivity index is 2.82. The monoisotopic (exact) mass is 155 g/mol. The lowest BCUT2D eigenvalue weighted by atomic mass is 10.1. The van der Waals surface area contributed by atoms with Gasteiger partial charge in [0.05, 0.1) is 0 Å². The third-order valence-corrected chi connectivity index (χ3v) is 2.98. The summed E-state index contributed by atoms with van der Waals surface area (Å²) in [4.78, 5) is 1.45. The molecule has 0 aliphatic heterocycles. The van der Waals surface area contributed by atoms with Gasteiger partial charge in [-0.3, -0.25) is 0 Å². The summed E-state index contributed by atoms with van der Waals surface area (Å²) in [6.07, 6.45) is 3.16. The number of hydrogen-bond acceptors (Lipinski definition) is 2. The zero-order valence-corrected chi connectivity index (χ0v) is 7.53. The fraction of sp³-hybridized carbons (Fsp3) is 0.625. The average Bonchev–Trinajstić information content (AvgIpc) is 2.34. The van der Waals surface area contributed by atoms with Crippen molar-refractivity contribution in [3.63, 3.8) is 0 Å². The molecule has 2 heteroatoms. The molecule has 1 rings (SSSR count). The first-order chi connectivity index (χ1) is 4.75. The number of aromatic nitrogens is 1. The molecule has 0 bridgehead atoms. The van der Waals surface area contributed by atoms with Crippen molar-refractivity contribution in [2.24, 2.45) is 0 Å². The lowest BCUT2D eigenvalue weighted by Gasteiger charge is -2.04. The van der Waals surface area contributed by atoms with Crippen LogP contribution in [0.5, 0.6) is 0 Å². The van der Waals surface area contributed by atoms with Crippen LogP contribution in [-0.2, 0) is 0 Å². The van der Waals surface area contributed by atoms with Gasteiger partial charge in [0.1, 0.15) is 0 Å². The number of hydrogen-bond donors (Lipinski definition) is 0.